The Morgan fingerprint density at radius 2 is 1.75 bits per heavy atom. The first-order valence-electron chi connectivity index (χ1n) is 9.37. The molecule has 0 radical (unpaired) electrons. The zero-order valence-corrected chi connectivity index (χ0v) is 15.5. The first-order chi connectivity index (χ1) is 11.1. The van der Waals surface area contributed by atoms with Crippen molar-refractivity contribution in [2.45, 2.75) is 77.9 Å². The Hall–Kier alpha value is -1.26. The molecule has 3 rings (SSSR count). The van der Waals surface area contributed by atoms with Gasteiger partial charge in [-0.2, -0.15) is 0 Å². The van der Waals surface area contributed by atoms with Crippen molar-refractivity contribution in [1.82, 2.24) is 4.90 Å². The highest BCUT2D eigenvalue weighted by Crippen LogP contribution is 2.62. The third-order valence-electron chi connectivity index (χ3n) is 6.19. The SMILES string of the molecule is CC1CCC(C2CC3(CC(C(N)=O)C3)C2)N(C(=O)OC(C)(C)C)C1. The molecule has 2 aliphatic carbocycles. The predicted molar refractivity (Wildman–Crippen MR) is 92.2 cm³/mol. The van der Waals surface area contributed by atoms with Crippen LogP contribution in [0.2, 0.25) is 0 Å². The Kier molecular flexibility index (Phi) is 4.33. The van der Waals surface area contributed by atoms with Crippen LogP contribution in [-0.4, -0.2) is 35.1 Å². The summed E-state index contributed by atoms with van der Waals surface area (Å²) in [4.78, 5) is 25.9. The van der Waals surface area contributed by atoms with Crippen LogP contribution in [0.25, 0.3) is 0 Å². The fourth-order valence-corrected chi connectivity index (χ4v) is 5.04. The van der Waals surface area contributed by atoms with Crippen molar-refractivity contribution in [3.8, 4) is 0 Å². The van der Waals surface area contributed by atoms with E-state index in [-0.39, 0.29) is 17.9 Å². The van der Waals surface area contributed by atoms with Crippen LogP contribution in [0, 0.1) is 23.2 Å². The van der Waals surface area contributed by atoms with E-state index in [4.69, 9.17) is 10.5 Å². The Bertz CT molecular complexity index is 511. The standard InChI is InChI=1S/C19H32N2O3/c1-12-5-6-15(21(11-12)17(23)24-18(2,3)4)13-7-19(8-13)9-14(10-19)16(20)22/h12-15H,5-11H2,1-4H3,(H2,20,22). The molecule has 2 amide bonds. The van der Waals surface area contributed by atoms with E-state index in [1.165, 1.54) is 6.42 Å². The number of carbonyl (C=O) groups excluding carboxylic acids is 2. The Morgan fingerprint density at radius 3 is 2.29 bits per heavy atom. The molecule has 24 heavy (non-hydrogen) atoms. The van der Waals surface area contributed by atoms with Gasteiger partial charge in [0.15, 0.2) is 0 Å². The van der Waals surface area contributed by atoms with Gasteiger partial charge in [0.1, 0.15) is 5.60 Å². The molecule has 1 spiro atoms. The second kappa shape index (κ2) is 5.92. The van der Waals surface area contributed by atoms with Crippen LogP contribution in [0.15, 0.2) is 0 Å². The summed E-state index contributed by atoms with van der Waals surface area (Å²) in [5.74, 6) is 1.02. The van der Waals surface area contributed by atoms with Crippen LogP contribution < -0.4 is 5.73 Å². The van der Waals surface area contributed by atoms with Crippen molar-refractivity contribution >= 4 is 12.0 Å². The van der Waals surface area contributed by atoms with E-state index in [1.54, 1.807) is 0 Å². The van der Waals surface area contributed by atoms with Gasteiger partial charge in [0.25, 0.3) is 0 Å². The van der Waals surface area contributed by atoms with E-state index in [0.29, 0.717) is 23.3 Å². The van der Waals surface area contributed by atoms with Crippen molar-refractivity contribution < 1.29 is 14.3 Å². The van der Waals surface area contributed by atoms with Gasteiger partial charge in [0.2, 0.25) is 5.91 Å². The second-order valence-electron chi connectivity index (χ2n) is 9.56. The van der Waals surface area contributed by atoms with Gasteiger partial charge < -0.3 is 15.4 Å². The van der Waals surface area contributed by atoms with Crippen molar-refractivity contribution in [2.75, 3.05) is 6.54 Å². The molecule has 3 aliphatic rings. The zero-order chi connectivity index (χ0) is 17.7. The molecule has 5 heteroatoms. The average Bonchev–Trinajstić information content (AvgIpc) is 2.34. The van der Waals surface area contributed by atoms with E-state index in [2.05, 4.69) is 6.92 Å². The lowest BCUT2D eigenvalue weighted by atomic mass is 9.46. The van der Waals surface area contributed by atoms with Crippen molar-refractivity contribution in [1.29, 1.82) is 0 Å². The molecule has 2 saturated carbocycles. The fraction of sp³-hybridized carbons (Fsp3) is 0.895. The minimum Gasteiger partial charge on any atom is -0.444 e. The predicted octanol–water partition coefficient (Wildman–Crippen LogP) is 3.31. The smallest absolute Gasteiger partial charge is 0.410 e. The number of nitrogens with zero attached hydrogens (tertiary/aromatic N) is 1. The fourth-order valence-electron chi connectivity index (χ4n) is 5.04. The van der Waals surface area contributed by atoms with Crippen LogP contribution in [0.5, 0.6) is 0 Å². The minimum absolute atomic E-state index is 0.0827. The summed E-state index contributed by atoms with van der Waals surface area (Å²) >= 11 is 0. The molecule has 0 aromatic heterocycles. The van der Waals surface area contributed by atoms with Gasteiger partial charge in [-0.05, 0) is 76.5 Å². The number of carbonyl (C=O) groups is 2. The maximum Gasteiger partial charge on any atom is 0.410 e. The summed E-state index contributed by atoms with van der Waals surface area (Å²) in [6.45, 7) is 8.77. The lowest BCUT2D eigenvalue weighted by Gasteiger charge is -2.60. The number of likely N-dealkylation sites (tertiary alicyclic amines) is 1. The van der Waals surface area contributed by atoms with E-state index >= 15 is 0 Å². The molecule has 2 unspecified atom stereocenters. The number of piperidine rings is 1. The van der Waals surface area contributed by atoms with Crippen LogP contribution in [0.4, 0.5) is 4.79 Å². The van der Waals surface area contributed by atoms with Crippen LogP contribution in [-0.2, 0) is 9.53 Å². The highest BCUT2D eigenvalue weighted by molar-refractivity contribution is 5.78. The van der Waals surface area contributed by atoms with E-state index in [9.17, 15) is 9.59 Å². The van der Waals surface area contributed by atoms with E-state index in [1.807, 2.05) is 25.7 Å². The maximum atomic E-state index is 12.6. The number of ether oxygens (including phenoxy) is 1. The number of hydrogen-bond donors (Lipinski definition) is 1. The van der Waals surface area contributed by atoms with Crippen molar-refractivity contribution in [2.24, 2.45) is 28.9 Å². The number of primary amides is 1. The quantitative estimate of drug-likeness (QED) is 0.841. The van der Waals surface area contributed by atoms with Crippen molar-refractivity contribution in [3.63, 3.8) is 0 Å². The molecule has 1 aliphatic heterocycles. The number of amides is 2. The third kappa shape index (κ3) is 3.40. The molecule has 1 heterocycles. The highest BCUT2D eigenvalue weighted by atomic mass is 16.6. The van der Waals surface area contributed by atoms with Crippen LogP contribution in [0.1, 0.15) is 66.2 Å². The molecule has 1 saturated heterocycles. The monoisotopic (exact) mass is 336 g/mol. The summed E-state index contributed by atoms with van der Waals surface area (Å²) in [6.07, 6.45) is 6.26. The van der Waals surface area contributed by atoms with Crippen LogP contribution >= 0.6 is 0 Å². The molecule has 5 nitrogen and oxygen atoms in total. The van der Waals surface area contributed by atoms with E-state index < -0.39 is 5.60 Å². The average molecular weight is 336 g/mol. The van der Waals surface area contributed by atoms with E-state index in [0.717, 1.165) is 38.6 Å². The summed E-state index contributed by atoms with van der Waals surface area (Å²) in [6, 6.07) is 0.300. The molecule has 3 fully saturated rings. The minimum atomic E-state index is -0.453. The molecular weight excluding hydrogens is 304 g/mol. The summed E-state index contributed by atoms with van der Waals surface area (Å²) in [5, 5.41) is 0. The van der Waals surface area contributed by atoms with Gasteiger partial charge in [-0.3, -0.25) is 4.79 Å². The Balaban J connectivity index is 1.60. The molecule has 0 aromatic carbocycles. The van der Waals surface area contributed by atoms with Gasteiger partial charge in [0, 0.05) is 18.5 Å². The lowest BCUT2D eigenvalue weighted by Crippen LogP contribution is -2.59. The summed E-state index contributed by atoms with van der Waals surface area (Å²) < 4.78 is 5.64. The zero-order valence-electron chi connectivity index (χ0n) is 15.5. The first kappa shape index (κ1) is 17.6. The molecule has 2 atom stereocenters. The van der Waals surface area contributed by atoms with Gasteiger partial charge in [-0.1, -0.05) is 6.92 Å². The lowest BCUT2D eigenvalue weighted by molar-refractivity contribution is -0.142. The van der Waals surface area contributed by atoms with Gasteiger partial charge in [-0.25, -0.2) is 4.79 Å². The molecular formula is C19H32N2O3. The van der Waals surface area contributed by atoms with Gasteiger partial charge in [-0.15, -0.1) is 0 Å². The van der Waals surface area contributed by atoms with Crippen molar-refractivity contribution in [3.05, 3.63) is 0 Å². The Labute approximate surface area is 145 Å². The third-order valence-corrected chi connectivity index (χ3v) is 6.19. The highest BCUT2D eigenvalue weighted by Gasteiger charge is 2.57. The number of nitrogens with two attached hydrogens (primary N) is 1. The summed E-state index contributed by atoms with van der Waals surface area (Å²) in [7, 11) is 0. The summed E-state index contributed by atoms with van der Waals surface area (Å²) in [5.41, 5.74) is 5.29. The number of hydrogen-bond acceptors (Lipinski definition) is 3. The molecule has 2 N–H and O–H groups in total. The molecule has 0 bridgehead atoms. The number of rotatable bonds is 2. The van der Waals surface area contributed by atoms with Gasteiger partial charge in [0.05, 0.1) is 0 Å². The van der Waals surface area contributed by atoms with Gasteiger partial charge >= 0.3 is 6.09 Å². The first-order valence-corrected chi connectivity index (χ1v) is 9.37. The molecule has 0 aromatic rings. The largest absolute Gasteiger partial charge is 0.444 e. The normalized spacial score (nSPS) is 39.1. The molecule has 136 valence electrons. The second-order valence-corrected chi connectivity index (χ2v) is 9.56. The topological polar surface area (TPSA) is 72.6 Å². The maximum absolute atomic E-state index is 12.6. The van der Waals surface area contributed by atoms with Crippen LogP contribution in [0.3, 0.4) is 0 Å². The Morgan fingerprint density at radius 1 is 1.12 bits per heavy atom.